The summed E-state index contributed by atoms with van der Waals surface area (Å²) < 4.78 is 0. The van der Waals surface area contributed by atoms with E-state index in [-0.39, 0.29) is 6.04 Å². The van der Waals surface area contributed by atoms with E-state index < -0.39 is 0 Å². The van der Waals surface area contributed by atoms with Gasteiger partial charge in [0.1, 0.15) is 0 Å². The zero-order valence-electron chi connectivity index (χ0n) is 4.65. The van der Waals surface area contributed by atoms with E-state index in [0.717, 1.165) is 6.04 Å². The second kappa shape index (κ2) is 1.83. The van der Waals surface area contributed by atoms with Gasteiger partial charge in [0.2, 0.25) is 0 Å². The molecule has 0 saturated heterocycles. The summed E-state index contributed by atoms with van der Waals surface area (Å²) in [7, 11) is 0. The van der Waals surface area contributed by atoms with Crippen LogP contribution in [0, 0.1) is 6.92 Å². The molecule has 1 atom stereocenters. The van der Waals surface area contributed by atoms with Crippen LogP contribution in [0.4, 0.5) is 0 Å². The Morgan fingerprint density at radius 1 is 1.71 bits per heavy atom. The molecule has 0 aromatic heterocycles. The Balaban J connectivity index is 1.97. The van der Waals surface area contributed by atoms with E-state index in [2.05, 4.69) is 5.32 Å². The van der Waals surface area contributed by atoms with Crippen LogP contribution in [-0.4, -0.2) is 12.1 Å². The van der Waals surface area contributed by atoms with Gasteiger partial charge in [-0.2, -0.15) is 0 Å². The molecule has 0 heterocycles. The normalized spacial score (nSPS) is 21.0. The van der Waals surface area contributed by atoms with Gasteiger partial charge in [0.05, 0.1) is 0 Å². The lowest BCUT2D eigenvalue weighted by atomic mass is 10.4. The van der Waals surface area contributed by atoms with Crippen molar-refractivity contribution in [2.45, 2.75) is 31.8 Å². The molecule has 0 bridgehead atoms. The van der Waals surface area contributed by atoms with Gasteiger partial charge >= 0.3 is 0 Å². The maximum absolute atomic E-state index is 5.42. The van der Waals surface area contributed by atoms with E-state index in [9.17, 15) is 0 Å². The Kier molecular flexibility index (Phi) is 1.33. The van der Waals surface area contributed by atoms with E-state index in [0.29, 0.717) is 0 Å². The minimum absolute atomic E-state index is 0.187. The van der Waals surface area contributed by atoms with Crippen LogP contribution >= 0.6 is 0 Å². The predicted molar refractivity (Wildman–Crippen MR) is 29.9 cm³/mol. The third kappa shape index (κ3) is 1.93. The molecule has 1 heteroatoms. The van der Waals surface area contributed by atoms with Crippen molar-refractivity contribution in [2.75, 3.05) is 0 Å². The average Bonchev–Trinajstić information content (AvgIpc) is 2.17. The Hall–Kier alpha value is -0.0400. The molecule has 0 aromatic carbocycles. The first-order chi connectivity index (χ1) is 3.29. The lowest BCUT2D eigenvalue weighted by molar-refractivity contribution is 0.626. The van der Waals surface area contributed by atoms with Crippen molar-refractivity contribution >= 4 is 0 Å². The zero-order valence-corrected chi connectivity index (χ0v) is 4.65. The molecule has 0 spiro atoms. The fourth-order valence-electron chi connectivity index (χ4n) is 0.622. The summed E-state index contributed by atoms with van der Waals surface area (Å²) in [4.78, 5) is 0. The average molecular weight is 97.2 g/mol. The summed E-state index contributed by atoms with van der Waals surface area (Å²) in [6, 6.07) is 0.937. The zero-order chi connectivity index (χ0) is 5.28. The fraction of sp³-hybridized carbons (Fsp3) is 0.833. The van der Waals surface area contributed by atoms with E-state index in [1.54, 1.807) is 0 Å². The second-order valence-electron chi connectivity index (χ2n) is 2.23. The maximum atomic E-state index is 5.42. The Labute approximate surface area is 45.1 Å². The molecule has 1 nitrogen and oxygen atoms in total. The summed E-state index contributed by atoms with van der Waals surface area (Å²) in [6.45, 7) is 7.39. The Bertz CT molecular complexity index is 55.2. The van der Waals surface area contributed by atoms with Crippen LogP contribution in [-0.2, 0) is 0 Å². The minimum Gasteiger partial charge on any atom is -0.311 e. The molecular formula is C6H11N. The van der Waals surface area contributed by atoms with Crippen LogP contribution in [0.2, 0.25) is 0 Å². The highest BCUT2D eigenvalue weighted by atomic mass is 15.0. The van der Waals surface area contributed by atoms with Gasteiger partial charge < -0.3 is 5.32 Å². The van der Waals surface area contributed by atoms with Crippen LogP contribution < -0.4 is 5.32 Å². The lowest BCUT2D eigenvalue weighted by Crippen LogP contribution is -2.24. The summed E-state index contributed by atoms with van der Waals surface area (Å²) in [5.74, 6) is 0. The van der Waals surface area contributed by atoms with Crippen LogP contribution in [0.5, 0.6) is 0 Å². The van der Waals surface area contributed by atoms with Crippen molar-refractivity contribution < 1.29 is 0 Å². The van der Waals surface area contributed by atoms with E-state index in [1.807, 2.05) is 6.92 Å². The number of hydrogen-bond acceptors (Lipinski definition) is 1. The van der Waals surface area contributed by atoms with Crippen molar-refractivity contribution in [1.82, 2.24) is 5.32 Å². The highest BCUT2D eigenvalue weighted by molar-refractivity contribution is 4.83. The van der Waals surface area contributed by atoms with Gasteiger partial charge in [-0.1, -0.05) is 0 Å². The Morgan fingerprint density at radius 2 is 2.29 bits per heavy atom. The van der Waals surface area contributed by atoms with Crippen LogP contribution in [0.15, 0.2) is 0 Å². The number of rotatable bonds is 2. The first kappa shape index (κ1) is 5.10. The van der Waals surface area contributed by atoms with Gasteiger partial charge in [-0.3, -0.25) is 0 Å². The summed E-state index contributed by atoms with van der Waals surface area (Å²) in [5, 5.41) is 3.19. The molecule has 1 N–H and O–H groups in total. The monoisotopic (exact) mass is 97.1 g/mol. The van der Waals surface area contributed by atoms with Crippen molar-refractivity contribution in [2.24, 2.45) is 0 Å². The van der Waals surface area contributed by atoms with Gasteiger partial charge in [0.15, 0.2) is 0 Å². The smallest absolute Gasteiger partial charge is 0.00762 e. The van der Waals surface area contributed by atoms with Crippen LogP contribution in [0.1, 0.15) is 19.8 Å². The third-order valence-electron chi connectivity index (χ3n) is 1.08. The fourth-order valence-corrected chi connectivity index (χ4v) is 0.622. The molecule has 1 aliphatic rings. The van der Waals surface area contributed by atoms with Gasteiger partial charge in [-0.15, -0.1) is 0 Å². The van der Waals surface area contributed by atoms with Crippen molar-refractivity contribution in [3.8, 4) is 0 Å². The molecule has 1 rings (SSSR count). The lowest BCUT2D eigenvalue weighted by Gasteiger charge is -2.02. The molecule has 0 amide bonds. The van der Waals surface area contributed by atoms with Crippen molar-refractivity contribution in [3.63, 3.8) is 0 Å². The summed E-state index contributed by atoms with van der Waals surface area (Å²) in [6.07, 6.45) is 2.64. The molecule has 1 unspecified atom stereocenters. The standard InChI is InChI=1S/C6H11N/c1-5(2)7-6-3-4-6/h1,5-7H,3-4H2,2H3. The van der Waals surface area contributed by atoms with Gasteiger partial charge in [0.25, 0.3) is 0 Å². The van der Waals surface area contributed by atoms with Crippen LogP contribution in [0.25, 0.3) is 0 Å². The molecule has 1 aliphatic carbocycles. The molecule has 40 valence electrons. The molecule has 0 aromatic rings. The summed E-state index contributed by atoms with van der Waals surface area (Å²) >= 11 is 0. The van der Waals surface area contributed by atoms with Gasteiger partial charge in [0, 0.05) is 12.1 Å². The van der Waals surface area contributed by atoms with Gasteiger partial charge in [-0.05, 0) is 26.7 Å². The second-order valence-corrected chi connectivity index (χ2v) is 2.23. The molecular weight excluding hydrogens is 86.1 g/mol. The van der Waals surface area contributed by atoms with Gasteiger partial charge in [-0.25, -0.2) is 0 Å². The quantitative estimate of drug-likeness (QED) is 0.538. The molecule has 0 aliphatic heterocycles. The predicted octanol–water partition coefficient (Wildman–Crippen LogP) is 0.838. The highest BCUT2D eigenvalue weighted by Crippen LogP contribution is 2.18. The molecule has 1 fully saturated rings. The summed E-state index contributed by atoms with van der Waals surface area (Å²) in [5.41, 5.74) is 0. The topological polar surface area (TPSA) is 12.0 Å². The molecule has 7 heavy (non-hydrogen) atoms. The molecule has 1 saturated carbocycles. The third-order valence-corrected chi connectivity index (χ3v) is 1.08. The first-order valence-electron chi connectivity index (χ1n) is 2.80. The van der Waals surface area contributed by atoms with E-state index in [4.69, 9.17) is 6.92 Å². The Morgan fingerprint density at radius 3 is 2.43 bits per heavy atom. The van der Waals surface area contributed by atoms with Crippen molar-refractivity contribution in [3.05, 3.63) is 6.92 Å². The molecule has 2 radical (unpaired) electrons. The maximum Gasteiger partial charge on any atom is 0.00762 e. The van der Waals surface area contributed by atoms with E-state index >= 15 is 0 Å². The first-order valence-corrected chi connectivity index (χ1v) is 2.80. The number of nitrogens with one attached hydrogen (secondary N) is 1. The highest BCUT2D eigenvalue weighted by Gasteiger charge is 2.20. The minimum atomic E-state index is 0.187. The number of hydrogen-bond donors (Lipinski definition) is 1. The van der Waals surface area contributed by atoms with Crippen LogP contribution in [0.3, 0.4) is 0 Å². The largest absolute Gasteiger partial charge is 0.311 e. The van der Waals surface area contributed by atoms with E-state index in [1.165, 1.54) is 12.8 Å². The SMILES string of the molecule is [CH]C(C)NC1CC1. The van der Waals surface area contributed by atoms with Crippen molar-refractivity contribution in [1.29, 1.82) is 0 Å².